The number of carboxylic acid groups (broad SMARTS) is 3. The lowest BCUT2D eigenvalue weighted by atomic mass is 10.2. The van der Waals surface area contributed by atoms with Gasteiger partial charge >= 0.3 is 0 Å². The van der Waals surface area contributed by atoms with Crippen LogP contribution in [0.2, 0.25) is 0 Å². The van der Waals surface area contributed by atoms with Crippen molar-refractivity contribution in [3.8, 4) is 34.5 Å². The molecule has 0 saturated carbocycles. The fraction of sp³-hybridized carbons (Fsp3) is 0.231. The Labute approximate surface area is 329 Å². The van der Waals surface area contributed by atoms with Crippen molar-refractivity contribution in [1.82, 2.24) is 0 Å². The van der Waals surface area contributed by atoms with Crippen LogP contribution < -0.4 is 45.6 Å². The minimum absolute atomic E-state index is 0.0146. The molecule has 306 valence electrons. The van der Waals surface area contributed by atoms with Crippen LogP contribution in [-0.2, 0) is 14.4 Å². The van der Waals surface area contributed by atoms with Gasteiger partial charge in [-0.2, -0.15) is 0 Å². The first-order valence-corrected chi connectivity index (χ1v) is 17.0. The Morgan fingerprint density at radius 1 is 0.404 bits per heavy atom. The van der Waals surface area contributed by atoms with E-state index in [1.165, 1.54) is 0 Å². The second-order valence-corrected chi connectivity index (χ2v) is 10.9. The largest absolute Gasteiger partial charge is 0.493 e. The van der Waals surface area contributed by atoms with Crippen LogP contribution in [0.25, 0.3) is 0 Å². The summed E-state index contributed by atoms with van der Waals surface area (Å²) in [5.74, 6) is 3.95. The highest BCUT2D eigenvalue weighted by Crippen LogP contribution is 2.28. The summed E-state index contributed by atoms with van der Waals surface area (Å²) in [6.45, 7) is 1.86. The van der Waals surface area contributed by atoms with Gasteiger partial charge in [-0.25, -0.2) is 0 Å². The van der Waals surface area contributed by atoms with Crippen LogP contribution in [0.1, 0.15) is 36.0 Å². The maximum absolute atomic E-state index is 8.36. The molecule has 4 rings (SSSR count). The molecule has 0 radical (unpaired) electrons. The zero-order chi connectivity index (χ0) is 42.3. The first-order chi connectivity index (χ1) is 27.5. The van der Waals surface area contributed by atoms with Crippen LogP contribution in [0.4, 0.5) is 0 Å². The van der Waals surface area contributed by atoms with E-state index in [0.29, 0.717) is 110 Å². The summed E-state index contributed by atoms with van der Waals surface area (Å²) in [7, 11) is 0. The fourth-order valence-corrected chi connectivity index (χ4v) is 4.30. The summed E-state index contributed by atoms with van der Waals surface area (Å²) in [4.78, 5) is 25.1. The molecule has 0 saturated heterocycles. The average molecular weight is 793 g/mol. The van der Waals surface area contributed by atoms with Crippen LogP contribution in [0.3, 0.4) is 0 Å². The lowest BCUT2D eigenvalue weighted by molar-refractivity contribution is -0.123. The van der Waals surface area contributed by atoms with Crippen molar-refractivity contribution in [1.29, 1.82) is 16.2 Å². The highest BCUT2D eigenvalue weighted by molar-refractivity contribution is 5.95. The Bertz CT molecular complexity index is 1570. The van der Waals surface area contributed by atoms with Gasteiger partial charge in [0.2, 0.25) is 0 Å². The molecular weight excluding hydrogens is 744 g/mol. The van der Waals surface area contributed by atoms with Crippen LogP contribution in [0.15, 0.2) is 91.0 Å². The van der Waals surface area contributed by atoms with Crippen LogP contribution in [0, 0.1) is 16.2 Å². The lowest BCUT2D eigenvalue weighted by Crippen LogP contribution is -2.11. The van der Waals surface area contributed by atoms with Crippen molar-refractivity contribution in [3.05, 3.63) is 108 Å². The molecule has 0 aliphatic heterocycles. The Kier molecular flexibility index (Phi) is 24.1. The Morgan fingerprint density at radius 3 is 0.754 bits per heavy atom. The molecule has 0 fully saturated rings. The number of nitrogens with two attached hydrogens (primary N) is 3. The van der Waals surface area contributed by atoms with Gasteiger partial charge in [0, 0.05) is 54.2 Å². The molecule has 0 aromatic heterocycles. The fourth-order valence-electron chi connectivity index (χ4n) is 4.30. The minimum atomic E-state index is -0.250. The number of amidine groups is 3. The average Bonchev–Trinajstić information content (AvgIpc) is 3.19. The smallest absolute Gasteiger partial charge is 0.290 e. The second kappa shape index (κ2) is 28.9. The van der Waals surface area contributed by atoms with Crippen molar-refractivity contribution in [3.63, 3.8) is 0 Å². The van der Waals surface area contributed by atoms with E-state index in [9.17, 15) is 0 Å². The molecule has 18 heteroatoms. The van der Waals surface area contributed by atoms with Gasteiger partial charge in [0.25, 0.3) is 19.4 Å². The second-order valence-electron chi connectivity index (χ2n) is 10.9. The molecule has 18 nitrogen and oxygen atoms in total. The molecule has 0 unspecified atom stereocenters. The Hall–Kier alpha value is -7.50. The summed E-state index contributed by atoms with van der Waals surface area (Å²) in [6, 6.07) is 26.7. The van der Waals surface area contributed by atoms with Gasteiger partial charge in [0.15, 0.2) is 0 Å². The molecule has 0 amide bonds. The number of carbonyl (C=O) groups is 3. The minimum Gasteiger partial charge on any atom is -0.493 e. The number of rotatable bonds is 21. The maximum Gasteiger partial charge on any atom is 0.290 e. The number of hydrogen-bond acceptors (Lipinski definition) is 12. The van der Waals surface area contributed by atoms with E-state index < -0.39 is 0 Å². The molecular formula is C39H48N6O12. The van der Waals surface area contributed by atoms with Crippen molar-refractivity contribution in [2.45, 2.75) is 19.3 Å². The van der Waals surface area contributed by atoms with Gasteiger partial charge in [0.1, 0.15) is 52.0 Å². The lowest BCUT2D eigenvalue weighted by Gasteiger charge is -2.14. The summed E-state index contributed by atoms with van der Waals surface area (Å²) in [5.41, 5.74) is 18.5. The van der Waals surface area contributed by atoms with E-state index in [4.69, 9.17) is 91.6 Å². The normalized spacial score (nSPS) is 9.47. The number of nitrogen functional groups attached to an aromatic ring is 3. The maximum atomic E-state index is 8.36. The molecule has 4 aromatic rings. The summed E-state index contributed by atoms with van der Waals surface area (Å²) < 4.78 is 35.4. The monoisotopic (exact) mass is 792 g/mol. The van der Waals surface area contributed by atoms with E-state index in [1.807, 2.05) is 18.2 Å². The van der Waals surface area contributed by atoms with Crippen LogP contribution >= 0.6 is 0 Å². The van der Waals surface area contributed by atoms with Gasteiger partial charge < -0.3 is 60.9 Å². The predicted octanol–water partition coefficient (Wildman–Crippen LogP) is 4.18. The molecule has 0 heterocycles. The van der Waals surface area contributed by atoms with Crippen molar-refractivity contribution >= 4 is 36.9 Å². The van der Waals surface area contributed by atoms with Gasteiger partial charge in [-0.1, -0.05) is 0 Å². The summed E-state index contributed by atoms with van der Waals surface area (Å²) >= 11 is 0. The first kappa shape index (κ1) is 47.5. The van der Waals surface area contributed by atoms with E-state index in [-0.39, 0.29) is 36.9 Å². The molecule has 0 atom stereocenters. The number of hydrogen-bond donors (Lipinski definition) is 9. The molecule has 57 heavy (non-hydrogen) atoms. The predicted molar refractivity (Wildman–Crippen MR) is 212 cm³/mol. The first-order valence-electron chi connectivity index (χ1n) is 17.0. The van der Waals surface area contributed by atoms with Gasteiger partial charge in [0.05, 0.1) is 39.6 Å². The van der Waals surface area contributed by atoms with E-state index in [1.54, 1.807) is 72.8 Å². The number of benzene rings is 4. The SMILES string of the molecule is N=C(N)c1ccc(OCCCOc2cc(OCCCOc3ccc(C(=N)N)cc3)cc(OCCCOc3ccc(C(=N)N)cc3)c2)cc1.O=CO.O=CO.O=CO. The zero-order valence-electron chi connectivity index (χ0n) is 31.0. The Balaban J connectivity index is 0.00000165. The number of ether oxygens (including phenoxy) is 6. The molecule has 0 aliphatic carbocycles. The molecule has 4 aromatic carbocycles. The molecule has 12 N–H and O–H groups in total. The van der Waals surface area contributed by atoms with Gasteiger partial charge in [-0.15, -0.1) is 0 Å². The summed E-state index contributed by atoms with van der Waals surface area (Å²) in [6.07, 6.45) is 1.93. The van der Waals surface area contributed by atoms with E-state index >= 15 is 0 Å². The topological polar surface area (TPSA) is 317 Å². The molecule has 0 spiro atoms. The highest BCUT2D eigenvalue weighted by atomic mass is 16.5. The summed E-state index contributed by atoms with van der Waals surface area (Å²) in [5, 5.41) is 43.2. The van der Waals surface area contributed by atoms with Crippen LogP contribution in [-0.4, -0.2) is 91.9 Å². The molecule has 0 aliphatic rings. The Morgan fingerprint density at radius 2 is 0.579 bits per heavy atom. The van der Waals surface area contributed by atoms with Crippen molar-refractivity contribution < 1.29 is 58.1 Å². The third-order valence-electron chi connectivity index (χ3n) is 6.83. The standard InChI is InChI=1S/C36H42N6O6.3CH2O2/c37-34(38)25-4-10-28(11-5-25)43-16-1-19-46-31-22-32(47-20-2-17-44-29-12-6-26(7-13-29)35(39)40)24-33(23-31)48-21-3-18-45-30-14-8-27(9-15-30)36(41)42;3*2-1-3/h4-15,22-24H,1-3,16-21H2,(H3,37,38)(H3,39,40)(H3,41,42);3*1H,(H,2,3). The quantitative estimate of drug-likeness (QED) is 0.0247. The molecule has 0 bridgehead atoms. The van der Waals surface area contributed by atoms with Gasteiger partial charge in [-0.05, 0) is 72.8 Å². The zero-order valence-corrected chi connectivity index (χ0v) is 31.0. The third-order valence-corrected chi connectivity index (χ3v) is 6.83. The van der Waals surface area contributed by atoms with Gasteiger partial charge in [-0.3, -0.25) is 30.6 Å². The highest BCUT2D eigenvalue weighted by Gasteiger charge is 2.07. The van der Waals surface area contributed by atoms with Crippen molar-refractivity contribution in [2.75, 3.05) is 39.6 Å². The third kappa shape index (κ3) is 21.1. The van der Waals surface area contributed by atoms with Crippen LogP contribution in [0.5, 0.6) is 34.5 Å². The van der Waals surface area contributed by atoms with E-state index in [0.717, 1.165) is 0 Å². The van der Waals surface area contributed by atoms with Crippen molar-refractivity contribution in [2.24, 2.45) is 17.2 Å². The number of nitrogens with one attached hydrogen (secondary N) is 3. The van der Waals surface area contributed by atoms with E-state index in [2.05, 4.69) is 0 Å².